The molecule has 0 amide bonds. The molecule has 0 radical (unpaired) electrons. The van der Waals surface area contributed by atoms with Crippen molar-refractivity contribution in [3.63, 3.8) is 0 Å². The Kier molecular flexibility index (Phi) is 4.41. The molecule has 0 spiro atoms. The van der Waals surface area contributed by atoms with Crippen molar-refractivity contribution in [1.82, 2.24) is 0 Å². The molecule has 0 fully saturated rings. The van der Waals surface area contributed by atoms with Gasteiger partial charge in [0.15, 0.2) is 0 Å². The van der Waals surface area contributed by atoms with Crippen LogP contribution in [-0.4, -0.2) is 6.04 Å². The second-order valence-electron chi connectivity index (χ2n) is 2.51. The van der Waals surface area contributed by atoms with Gasteiger partial charge in [0.05, 0.1) is 0 Å². The molecule has 0 saturated carbocycles. The first kappa shape index (κ1) is 8.70. The lowest BCUT2D eigenvalue weighted by Gasteiger charge is -2.07. The first-order valence-electron chi connectivity index (χ1n) is 3.58. The molecular weight excluding hydrogens is 110 g/mol. The van der Waals surface area contributed by atoms with Crippen LogP contribution in [0.15, 0.2) is 11.6 Å². The summed E-state index contributed by atoms with van der Waals surface area (Å²) in [7, 11) is 0. The van der Waals surface area contributed by atoms with E-state index in [2.05, 4.69) is 26.8 Å². The van der Waals surface area contributed by atoms with Crippen LogP contribution in [0.5, 0.6) is 0 Å². The van der Waals surface area contributed by atoms with Crippen LogP contribution in [-0.2, 0) is 0 Å². The van der Waals surface area contributed by atoms with Gasteiger partial charge in [-0.15, -0.1) is 0 Å². The Bertz CT molecular complexity index is 94.7. The predicted molar refractivity (Wildman–Crippen MR) is 42.3 cm³/mol. The Morgan fingerprint density at radius 3 is 2.56 bits per heavy atom. The van der Waals surface area contributed by atoms with Gasteiger partial charge < -0.3 is 5.73 Å². The SMILES string of the molecule is CC=C(C)CC(N)CC. The first-order chi connectivity index (χ1) is 4.20. The Labute approximate surface area is 57.9 Å². The molecule has 1 atom stereocenters. The van der Waals surface area contributed by atoms with Crippen LogP contribution in [0.25, 0.3) is 0 Å². The monoisotopic (exact) mass is 127 g/mol. The normalized spacial score (nSPS) is 15.8. The van der Waals surface area contributed by atoms with Crippen molar-refractivity contribution >= 4 is 0 Å². The minimum atomic E-state index is 0.362. The van der Waals surface area contributed by atoms with Crippen LogP contribution < -0.4 is 5.73 Å². The van der Waals surface area contributed by atoms with Gasteiger partial charge in [-0.05, 0) is 26.7 Å². The van der Waals surface area contributed by atoms with Gasteiger partial charge in [0, 0.05) is 6.04 Å². The average Bonchev–Trinajstić information content (AvgIpc) is 1.87. The quantitative estimate of drug-likeness (QED) is 0.577. The fourth-order valence-electron chi connectivity index (χ4n) is 0.676. The standard InChI is InChI=1S/C8H17N/c1-4-7(3)6-8(9)5-2/h4,8H,5-6,9H2,1-3H3. The number of hydrogen-bond acceptors (Lipinski definition) is 1. The zero-order valence-electron chi connectivity index (χ0n) is 6.65. The summed E-state index contributed by atoms with van der Waals surface area (Å²) in [5.74, 6) is 0. The Hall–Kier alpha value is -0.300. The smallest absolute Gasteiger partial charge is 0.00733 e. The Morgan fingerprint density at radius 2 is 2.22 bits per heavy atom. The molecule has 0 bridgehead atoms. The van der Waals surface area contributed by atoms with Crippen molar-refractivity contribution in [2.75, 3.05) is 0 Å². The van der Waals surface area contributed by atoms with Crippen LogP contribution in [0.2, 0.25) is 0 Å². The van der Waals surface area contributed by atoms with Gasteiger partial charge in [-0.25, -0.2) is 0 Å². The molecule has 0 aliphatic heterocycles. The van der Waals surface area contributed by atoms with Crippen molar-refractivity contribution in [1.29, 1.82) is 0 Å². The lowest BCUT2D eigenvalue weighted by atomic mass is 10.1. The third-order valence-corrected chi connectivity index (χ3v) is 1.60. The highest BCUT2D eigenvalue weighted by Crippen LogP contribution is 2.03. The zero-order valence-corrected chi connectivity index (χ0v) is 6.65. The van der Waals surface area contributed by atoms with Crippen LogP contribution in [0, 0.1) is 0 Å². The fourth-order valence-corrected chi connectivity index (χ4v) is 0.676. The third kappa shape index (κ3) is 4.22. The van der Waals surface area contributed by atoms with Crippen molar-refractivity contribution in [3.8, 4) is 0 Å². The fraction of sp³-hybridized carbons (Fsp3) is 0.750. The number of nitrogens with two attached hydrogens (primary N) is 1. The van der Waals surface area contributed by atoms with Crippen molar-refractivity contribution in [3.05, 3.63) is 11.6 Å². The summed E-state index contributed by atoms with van der Waals surface area (Å²) in [5, 5.41) is 0. The van der Waals surface area contributed by atoms with E-state index in [-0.39, 0.29) is 0 Å². The molecule has 0 saturated heterocycles. The van der Waals surface area contributed by atoms with E-state index in [0.717, 1.165) is 12.8 Å². The third-order valence-electron chi connectivity index (χ3n) is 1.60. The van der Waals surface area contributed by atoms with Crippen LogP contribution in [0.3, 0.4) is 0 Å². The van der Waals surface area contributed by atoms with E-state index in [1.807, 2.05) is 0 Å². The van der Waals surface area contributed by atoms with Crippen LogP contribution in [0.1, 0.15) is 33.6 Å². The molecule has 9 heavy (non-hydrogen) atoms. The Morgan fingerprint density at radius 1 is 1.67 bits per heavy atom. The summed E-state index contributed by atoms with van der Waals surface area (Å²) in [4.78, 5) is 0. The molecule has 0 aromatic rings. The maximum atomic E-state index is 5.71. The van der Waals surface area contributed by atoms with Crippen molar-refractivity contribution < 1.29 is 0 Å². The van der Waals surface area contributed by atoms with E-state index in [9.17, 15) is 0 Å². The second-order valence-corrected chi connectivity index (χ2v) is 2.51. The van der Waals surface area contributed by atoms with Gasteiger partial charge in [0.25, 0.3) is 0 Å². The summed E-state index contributed by atoms with van der Waals surface area (Å²) >= 11 is 0. The maximum Gasteiger partial charge on any atom is 0.00733 e. The Balaban J connectivity index is 3.47. The number of allylic oxidation sites excluding steroid dienone is 1. The molecule has 0 aromatic heterocycles. The van der Waals surface area contributed by atoms with E-state index in [1.165, 1.54) is 5.57 Å². The van der Waals surface area contributed by atoms with Gasteiger partial charge in [-0.1, -0.05) is 18.6 Å². The molecule has 0 heterocycles. The molecule has 0 aromatic carbocycles. The molecule has 0 aliphatic carbocycles. The van der Waals surface area contributed by atoms with Crippen molar-refractivity contribution in [2.24, 2.45) is 5.73 Å². The van der Waals surface area contributed by atoms with Gasteiger partial charge in [-0.3, -0.25) is 0 Å². The molecule has 1 heteroatoms. The number of rotatable bonds is 3. The highest BCUT2D eigenvalue weighted by atomic mass is 14.6. The van der Waals surface area contributed by atoms with Gasteiger partial charge >= 0.3 is 0 Å². The summed E-state index contributed by atoms with van der Waals surface area (Å²) in [6.07, 6.45) is 4.24. The summed E-state index contributed by atoms with van der Waals surface area (Å²) in [6.45, 7) is 6.29. The van der Waals surface area contributed by atoms with E-state index in [1.54, 1.807) is 0 Å². The van der Waals surface area contributed by atoms with Crippen LogP contribution in [0.4, 0.5) is 0 Å². The summed E-state index contributed by atoms with van der Waals surface area (Å²) in [5.41, 5.74) is 7.10. The van der Waals surface area contributed by atoms with Gasteiger partial charge in [0.1, 0.15) is 0 Å². The van der Waals surface area contributed by atoms with E-state index in [0.29, 0.717) is 6.04 Å². The van der Waals surface area contributed by atoms with E-state index >= 15 is 0 Å². The topological polar surface area (TPSA) is 26.0 Å². The average molecular weight is 127 g/mol. The predicted octanol–water partition coefficient (Wildman–Crippen LogP) is 2.08. The summed E-state index contributed by atoms with van der Waals surface area (Å²) < 4.78 is 0. The first-order valence-corrected chi connectivity index (χ1v) is 3.58. The molecule has 0 aliphatic rings. The van der Waals surface area contributed by atoms with E-state index in [4.69, 9.17) is 5.73 Å². The lowest BCUT2D eigenvalue weighted by Crippen LogP contribution is -2.18. The van der Waals surface area contributed by atoms with E-state index < -0.39 is 0 Å². The largest absolute Gasteiger partial charge is 0.327 e. The molecule has 2 N–H and O–H groups in total. The van der Waals surface area contributed by atoms with Crippen LogP contribution >= 0.6 is 0 Å². The minimum absolute atomic E-state index is 0.362. The molecule has 54 valence electrons. The number of hydrogen-bond donors (Lipinski definition) is 1. The van der Waals surface area contributed by atoms with Crippen molar-refractivity contribution in [2.45, 2.75) is 39.7 Å². The maximum absolute atomic E-state index is 5.71. The molecule has 1 nitrogen and oxygen atoms in total. The van der Waals surface area contributed by atoms with Gasteiger partial charge in [-0.2, -0.15) is 0 Å². The zero-order chi connectivity index (χ0) is 7.28. The molecule has 0 rings (SSSR count). The molecular formula is C8H17N. The summed E-state index contributed by atoms with van der Waals surface area (Å²) in [6, 6.07) is 0.362. The highest BCUT2D eigenvalue weighted by Gasteiger charge is 1.97. The highest BCUT2D eigenvalue weighted by molar-refractivity contribution is 4.97. The minimum Gasteiger partial charge on any atom is -0.327 e. The second kappa shape index (κ2) is 4.57. The van der Waals surface area contributed by atoms with Gasteiger partial charge in [0.2, 0.25) is 0 Å². The lowest BCUT2D eigenvalue weighted by molar-refractivity contribution is 0.642. The molecule has 1 unspecified atom stereocenters.